The van der Waals surface area contributed by atoms with Crippen LogP contribution in [0, 0.1) is 5.82 Å². The number of aromatic nitrogens is 1. The molecule has 0 spiro atoms. The Kier molecular flexibility index (Phi) is 3.73. The Morgan fingerprint density at radius 1 is 1.18 bits per heavy atom. The molecule has 0 saturated carbocycles. The lowest BCUT2D eigenvalue weighted by Gasteiger charge is -2.08. The first-order chi connectivity index (χ1) is 10.6. The van der Waals surface area contributed by atoms with Crippen LogP contribution in [0.25, 0.3) is 10.9 Å². The average molecular weight is 318 g/mol. The van der Waals surface area contributed by atoms with Crippen LogP contribution in [0.3, 0.4) is 0 Å². The lowest BCUT2D eigenvalue weighted by atomic mass is 10.2. The van der Waals surface area contributed by atoms with Crippen molar-refractivity contribution in [3.8, 4) is 11.5 Å². The van der Waals surface area contributed by atoms with Crippen molar-refractivity contribution in [1.29, 1.82) is 0 Å². The molecule has 1 radical (unpaired) electrons. The van der Waals surface area contributed by atoms with Gasteiger partial charge in [0, 0.05) is 17.1 Å². The minimum atomic E-state index is -0.480. The molecule has 0 aliphatic heterocycles. The third-order valence-electron chi connectivity index (χ3n) is 3.17. The summed E-state index contributed by atoms with van der Waals surface area (Å²) in [5, 5.41) is 15.5. The molecule has 0 aliphatic rings. The molecule has 0 atom stereocenters. The molecule has 2 aromatic carbocycles. The highest BCUT2D eigenvalue weighted by atomic mass is 35.5. The highest BCUT2D eigenvalue weighted by Gasteiger charge is 2.08. The number of methoxy groups -OCH3 is 1. The van der Waals surface area contributed by atoms with E-state index < -0.39 is 5.82 Å². The Hall–Kier alpha value is -2.53. The fourth-order valence-electron chi connectivity index (χ4n) is 2.08. The van der Waals surface area contributed by atoms with Gasteiger partial charge in [0.2, 0.25) is 5.75 Å². The molecule has 0 aliphatic carbocycles. The molecule has 4 nitrogen and oxygen atoms in total. The molecule has 22 heavy (non-hydrogen) atoms. The van der Waals surface area contributed by atoms with E-state index in [0.717, 1.165) is 0 Å². The van der Waals surface area contributed by atoms with Gasteiger partial charge in [-0.1, -0.05) is 11.6 Å². The molecule has 3 rings (SSSR count). The number of hydrogen-bond donors (Lipinski definition) is 1. The molecule has 3 aromatic rings. The number of anilines is 2. The Morgan fingerprint density at radius 2 is 2.00 bits per heavy atom. The summed E-state index contributed by atoms with van der Waals surface area (Å²) in [5.41, 5.74) is 1.24. The van der Waals surface area contributed by atoms with Gasteiger partial charge in [-0.3, -0.25) is 5.11 Å². The number of ether oxygens (including phenoxy) is 1. The fraction of sp³-hybridized carbons (Fsp3) is 0.0625. The van der Waals surface area contributed by atoms with Crippen LogP contribution in [0.2, 0.25) is 5.02 Å². The van der Waals surface area contributed by atoms with E-state index in [1.54, 1.807) is 24.3 Å². The van der Waals surface area contributed by atoms with Crippen molar-refractivity contribution in [2.24, 2.45) is 0 Å². The van der Waals surface area contributed by atoms with E-state index in [1.807, 2.05) is 0 Å². The number of hydrogen-bond acceptors (Lipinski definition) is 3. The van der Waals surface area contributed by atoms with Crippen molar-refractivity contribution >= 4 is 34.0 Å². The van der Waals surface area contributed by atoms with E-state index in [0.29, 0.717) is 22.4 Å². The first kappa shape index (κ1) is 14.4. The molecule has 1 aromatic heterocycles. The lowest BCUT2D eigenvalue weighted by molar-refractivity contribution is 0.316. The Labute approximate surface area is 131 Å². The van der Waals surface area contributed by atoms with Gasteiger partial charge in [0.15, 0.2) is 5.75 Å². The standard InChI is InChI=1S/C16H11ClFN2O2/c1-22-15-8-13-9(6-14(15)21)2-5-16(20-13)19-10-3-4-12(18)11(17)7-10/h2-8H,1H3,(H,19,20). The third kappa shape index (κ3) is 2.76. The maximum Gasteiger partial charge on any atom is 0.221 e. The summed E-state index contributed by atoms with van der Waals surface area (Å²) in [4.78, 5) is 4.41. The van der Waals surface area contributed by atoms with Gasteiger partial charge in [-0.25, -0.2) is 9.37 Å². The summed E-state index contributed by atoms with van der Waals surface area (Å²) in [5.74, 6) is 0.118. The number of benzene rings is 2. The molecule has 1 heterocycles. The summed E-state index contributed by atoms with van der Waals surface area (Å²) in [7, 11) is 1.44. The van der Waals surface area contributed by atoms with Gasteiger partial charge in [0.1, 0.15) is 11.6 Å². The van der Waals surface area contributed by atoms with Crippen molar-refractivity contribution in [1.82, 2.24) is 4.98 Å². The van der Waals surface area contributed by atoms with E-state index >= 15 is 0 Å². The monoisotopic (exact) mass is 317 g/mol. The van der Waals surface area contributed by atoms with Crippen LogP contribution in [0.5, 0.6) is 11.5 Å². The molecule has 0 amide bonds. The summed E-state index contributed by atoms with van der Waals surface area (Å²) < 4.78 is 18.2. The molecular formula is C16H11ClFN2O2. The van der Waals surface area contributed by atoms with Crippen LogP contribution in [0.4, 0.5) is 15.9 Å². The van der Waals surface area contributed by atoms with Gasteiger partial charge in [-0.15, -0.1) is 0 Å². The minimum absolute atomic E-state index is 0.0310. The molecular weight excluding hydrogens is 307 g/mol. The lowest BCUT2D eigenvalue weighted by Crippen LogP contribution is -1.94. The van der Waals surface area contributed by atoms with E-state index in [4.69, 9.17) is 16.3 Å². The second-order valence-corrected chi connectivity index (χ2v) is 5.05. The SMILES string of the molecule is COc1cc2nc(Nc3ccc(F)c(Cl)c3)ccc2cc1[O]. The smallest absolute Gasteiger partial charge is 0.221 e. The van der Waals surface area contributed by atoms with Crippen LogP contribution < -0.4 is 10.1 Å². The summed E-state index contributed by atoms with van der Waals surface area (Å²) in [6.45, 7) is 0. The van der Waals surface area contributed by atoms with E-state index in [2.05, 4.69) is 10.3 Å². The maximum absolute atomic E-state index is 13.1. The van der Waals surface area contributed by atoms with Gasteiger partial charge < -0.3 is 10.1 Å². The first-order valence-corrected chi connectivity index (χ1v) is 6.82. The maximum atomic E-state index is 13.1. The number of halogens is 2. The predicted molar refractivity (Wildman–Crippen MR) is 83.1 cm³/mol. The van der Waals surface area contributed by atoms with Crippen LogP contribution in [-0.4, -0.2) is 12.1 Å². The van der Waals surface area contributed by atoms with Crippen molar-refractivity contribution in [2.45, 2.75) is 0 Å². The second-order valence-electron chi connectivity index (χ2n) is 4.65. The fourth-order valence-corrected chi connectivity index (χ4v) is 2.26. The van der Waals surface area contributed by atoms with E-state index in [-0.39, 0.29) is 16.5 Å². The topological polar surface area (TPSA) is 54.0 Å². The van der Waals surface area contributed by atoms with E-state index in [9.17, 15) is 9.50 Å². The Morgan fingerprint density at radius 3 is 2.73 bits per heavy atom. The zero-order chi connectivity index (χ0) is 15.7. The first-order valence-electron chi connectivity index (χ1n) is 6.45. The molecule has 0 saturated heterocycles. The van der Waals surface area contributed by atoms with Gasteiger partial charge in [-0.2, -0.15) is 0 Å². The van der Waals surface area contributed by atoms with Gasteiger partial charge in [0.25, 0.3) is 0 Å². The minimum Gasteiger partial charge on any atom is -0.493 e. The molecule has 6 heteroatoms. The van der Waals surface area contributed by atoms with Crippen molar-refractivity contribution in [3.63, 3.8) is 0 Å². The molecule has 0 unspecified atom stereocenters. The van der Waals surface area contributed by atoms with Crippen molar-refractivity contribution in [2.75, 3.05) is 12.4 Å². The summed E-state index contributed by atoms with van der Waals surface area (Å²) in [6, 6.07) is 10.9. The van der Waals surface area contributed by atoms with Crippen LogP contribution in [-0.2, 0) is 5.11 Å². The highest BCUT2D eigenvalue weighted by Crippen LogP contribution is 2.32. The van der Waals surface area contributed by atoms with Crippen molar-refractivity contribution < 1.29 is 14.2 Å². The number of rotatable bonds is 3. The average Bonchev–Trinajstić information content (AvgIpc) is 2.50. The van der Waals surface area contributed by atoms with Gasteiger partial charge in [0.05, 0.1) is 17.6 Å². The number of nitrogens with one attached hydrogen (secondary N) is 1. The van der Waals surface area contributed by atoms with Crippen LogP contribution in [0.15, 0.2) is 42.5 Å². The second kappa shape index (κ2) is 5.69. The summed E-state index contributed by atoms with van der Waals surface area (Å²) in [6.07, 6.45) is 0. The van der Waals surface area contributed by atoms with Gasteiger partial charge in [-0.05, 0) is 36.4 Å². The zero-order valence-electron chi connectivity index (χ0n) is 11.6. The zero-order valence-corrected chi connectivity index (χ0v) is 12.3. The Balaban J connectivity index is 1.97. The molecule has 111 valence electrons. The van der Waals surface area contributed by atoms with Crippen LogP contribution >= 0.6 is 11.6 Å². The van der Waals surface area contributed by atoms with Crippen LogP contribution in [0.1, 0.15) is 0 Å². The molecule has 0 bridgehead atoms. The molecule has 0 fully saturated rings. The molecule has 1 N–H and O–H groups in total. The third-order valence-corrected chi connectivity index (χ3v) is 3.46. The number of nitrogens with zero attached hydrogens (tertiary/aromatic N) is 1. The largest absolute Gasteiger partial charge is 0.493 e. The van der Waals surface area contributed by atoms with E-state index in [1.165, 1.54) is 25.3 Å². The van der Waals surface area contributed by atoms with Gasteiger partial charge >= 0.3 is 0 Å². The normalized spacial score (nSPS) is 10.7. The highest BCUT2D eigenvalue weighted by molar-refractivity contribution is 6.31. The summed E-state index contributed by atoms with van der Waals surface area (Å²) >= 11 is 5.75. The van der Waals surface area contributed by atoms with Crippen molar-refractivity contribution in [3.05, 3.63) is 53.3 Å². The number of fused-ring (bicyclic) bond motifs is 1. The Bertz CT molecular complexity index is 855. The number of pyridine rings is 1. The predicted octanol–water partition coefficient (Wildman–Crippen LogP) is 4.92. The quantitative estimate of drug-likeness (QED) is 0.745.